The standard InChI is InChI=1S/C25H33NO/c1-2-3-4-5-6-7-8-13-24(27)26-18-23-17-25(23,19-26)22-15-14-20-11-9-10-12-21(20)16-22/h9-12,14-16,23H,2-8,13,17-19H2,1H3/t23-,25+/m1/s1. The van der Waals surface area contributed by atoms with Gasteiger partial charge in [-0.2, -0.15) is 0 Å². The van der Waals surface area contributed by atoms with Crippen molar-refractivity contribution in [2.75, 3.05) is 13.1 Å². The Hall–Kier alpha value is -1.83. The second kappa shape index (κ2) is 8.04. The first-order valence-corrected chi connectivity index (χ1v) is 11.0. The molecule has 1 saturated carbocycles. The molecule has 144 valence electrons. The summed E-state index contributed by atoms with van der Waals surface area (Å²) < 4.78 is 0. The molecule has 0 bridgehead atoms. The molecule has 0 radical (unpaired) electrons. The number of unbranched alkanes of at least 4 members (excludes halogenated alkanes) is 6. The highest BCUT2D eigenvalue weighted by atomic mass is 16.2. The molecule has 0 unspecified atom stereocenters. The summed E-state index contributed by atoms with van der Waals surface area (Å²) in [6.07, 6.45) is 10.9. The predicted molar refractivity (Wildman–Crippen MR) is 113 cm³/mol. The normalized spacial score (nSPS) is 23.6. The van der Waals surface area contributed by atoms with Crippen LogP contribution in [0.4, 0.5) is 0 Å². The summed E-state index contributed by atoms with van der Waals surface area (Å²) in [6, 6.07) is 15.5. The monoisotopic (exact) mass is 363 g/mol. The van der Waals surface area contributed by atoms with E-state index in [1.165, 1.54) is 61.3 Å². The highest BCUT2D eigenvalue weighted by Gasteiger charge is 2.61. The minimum atomic E-state index is 0.250. The van der Waals surface area contributed by atoms with E-state index in [1.54, 1.807) is 0 Å². The summed E-state index contributed by atoms with van der Waals surface area (Å²) >= 11 is 0. The van der Waals surface area contributed by atoms with Crippen LogP contribution < -0.4 is 0 Å². The number of carbonyl (C=O) groups excluding carboxylic acids is 1. The lowest BCUT2D eigenvalue weighted by Gasteiger charge is -2.22. The van der Waals surface area contributed by atoms with Crippen molar-refractivity contribution in [3.63, 3.8) is 0 Å². The maximum absolute atomic E-state index is 12.7. The van der Waals surface area contributed by atoms with Gasteiger partial charge in [-0.05, 0) is 35.1 Å². The largest absolute Gasteiger partial charge is 0.341 e. The summed E-state index contributed by atoms with van der Waals surface area (Å²) in [5.41, 5.74) is 1.69. The van der Waals surface area contributed by atoms with Gasteiger partial charge in [0.1, 0.15) is 0 Å². The molecule has 1 heterocycles. The van der Waals surface area contributed by atoms with Crippen LogP contribution >= 0.6 is 0 Å². The van der Waals surface area contributed by atoms with Gasteiger partial charge in [-0.1, -0.05) is 87.9 Å². The number of nitrogens with zero attached hydrogens (tertiary/aromatic N) is 1. The van der Waals surface area contributed by atoms with Gasteiger partial charge in [0.05, 0.1) is 0 Å². The zero-order valence-electron chi connectivity index (χ0n) is 16.8. The summed E-state index contributed by atoms with van der Waals surface area (Å²) in [6.45, 7) is 4.16. The first-order chi connectivity index (χ1) is 13.2. The van der Waals surface area contributed by atoms with Gasteiger partial charge in [0, 0.05) is 24.9 Å². The molecule has 2 nitrogen and oxygen atoms in total. The smallest absolute Gasteiger partial charge is 0.222 e. The molecule has 0 N–H and O–H groups in total. The van der Waals surface area contributed by atoms with E-state index in [0.717, 1.165) is 25.9 Å². The molecule has 1 amide bonds. The van der Waals surface area contributed by atoms with Crippen LogP contribution in [0.1, 0.15) is 70.3 Å². The molecule has 27 heavy (non-hydrogen) atoms. The Kier molecular flexibility index (Phi) is 5.52. The number of fused-ring (bicyclic) bond motifs is 2. The number of hydrogen-bond acceptors (Lipinski definition) is 1. The molecule has 2 fully saturated rings. The molecule has 2 atom stereocenters. The zero-order valence-corrected chi connectivity index (χ0v) is 16.8. The van der Waals surface area contributed by atoms with E-state index >= 15 is 0 Å². The van der Waals surface area contributed by atoms with Crippen LogP contribution in [-0.4, -0.2) is 23.9 Å². The maximum atomic E-state index is 12.7. The lowest BCUT2D eigenvalue weighted by molar-refractivity contribution is -0.130. The van der Waals surface area contributed by atoms with Crippen molar-refractivity contribution in [2.45, 2.75) is 70.1 Å². The molecular weight excluding hydrogens is 330 g/mol. The summed E-state index contributed by atoms with van der Waals surface area (Å²) in [7, 11) is 0. The molecule has 1 aliphatic carbocycles. The second-order valence-corrected chi connectivity index (χ2v) is 8.76. The van der Waals surface area contributed by atoms with Gasteiger partial charge < -0.3 is 4.90 Å². The minimum absolute atomic E-state index is 0.250. The first-order valence-electron chi connectivity index (χ1n) is 11.0. The Balaban J connectivity index is 1.29. The Morgan fingerprint density at radius 1 is 1.00 bits per heavy atom. The van der Waals surface area contributed by atoms with Crippen LogP contribution in [0.25, 0.3) is 10.8 Å². The van der Waals surface area contributed by atoms with E-state index in [1.807, 2.05) is 0 Å². The molecule has 1 saturated heterocycles. The van der Waals surface area contributed by atoms with E-state index in [9.17, 15) is 4.79 Å². The molecule has 0 spiro atoms. The van der Waals surface area contributed by atoms with Gasteiger partial charge in [-0.15, -0.1) is 0 Å². The van der Waals surface area contributed by atoms with E-state index in [4.69, 9.17) is 0 Å². The number of likely N-dealkylation sites (tertiary alicyclic amines) is 1. The van der Waals surface area contributed by atoms with Crippen LogP contribution in [0.5, 0.6) is 0 Å². The number of piperidine rings is 1. The van der Waals surface area contributed by atoms with Gasteiger partial charge in [-0.25, -0.2) is 0 Å². The van der Waals surface area contributed by atoms with Crippen molar-refractivity contribution in [3.05, 3.63) is 48.0 Å². The van der Waals surface area contributed by atoms with Crippen LogP contribution in [0.2, 0.25) is 0 Å². The maximum Gasteiger partial charge on any atom is 0.222 e. The average Bonchev–Trinajstić information content (AvgIpc) is 3.27. The highest BCUT2D eigenvalue weighted by molar-refractivity contribution is 5.84. The van der Waals surface area contributed by atoms with E-state index in [2.05, 4.69) is 54.3 Å². The lowest BCUT2D eigenvalue weighted by Crippen LogP contribution is -2.32. The molecule has 2 aromatic carbocycles. The Morgan fingerprint density at radius 3 is 2.56 bits per heavy atom. The summed E-state index contributed by atoms with van der Waals surface area (Å²) in [4.78, 5) is 14.8. The number of hydrogen-bond donors (Lipinski definition) is 0. The van der Waals surface area contributed by atoms with Crippen molar-refractivity contribution in [3.8, 4) is 0 Å². The third-order valence-electron chi connectivity index (χ3n) is 6.82. The van der Waals surface area contributed by atoms with Crippen molar-refractivity contribution in [1.82, 2.24) is 4.90 Å². The van der Waals surface area contributed by atoms with Crippen LogP contribution in [-0.2, 0) is 10.2 Å². The topological polar surface area (TPSA) is 20.3 Å². The van der Waals surface area contributed by atoms with Crippen LogP contribution in [0, 0.1) is 5.92 Å². The lowest BCUT2D eigenvalue weighted by atomic mass is 9.93. The quantitative estimate of drug-likeness (QED) is 0.494. The fourth-order valence-corrected chi connectivity index (χ4v) is 5.01. The Labute approximate surface area is 163 Å². The molecule has 1 aliphatic heterocycles. The molecule has 0 aromatic heterocycles. The van der Waals surface area contributed by atoms with Gasteiger partial charge in [0.2, 0.25) is 5.91 Å². The van der Waals surface area contributed by atoms with Crippen LogP contribution in [0.15, 0.2) is 42.5 Å². The molecular formula is C25H33NO. The van der Waals surface area contributed by atoms with E-state index < -0.39 is 0 Å². The third-order valence-corrected chi connectivity index (χ3v) is 6.82. The average molecular weight is 364 g/mol. The van der Waals surface area contributed by atoms with Crippen LogP contribution in [0.3, 0.4) is 0 Å². The molecule has 4 rings (SSSR count). The fourth-order valence-electron chi connectivity index (χ4n) is 5.01. The summed E-state index contributed by atoms with van der Waals surface area (Å²) in [5, 5.41) is 2.63. The summed E-state index contributed by atoms with van der Waals surface area (Å²) in [5.74, 6) is 1.06. The minimum Gasteiger partial charge on any atom is -0.341 e. The highest BCUT2D eigenvalue weighted by Crippen LogP contribution is 2.59. The molecule has 2 aliphatic rings. The van der Waals surface area contributed by atoms with E-state index in [0.29, 0.717) is 11.8 Å². The molecule has 2 aromatic rings. The van der Waals surface area contributed by atoms with Crippen molar-refractivity contribution >= 4 is 16.7 Å². The van der Waals surface area contributed by atoms with Gasteiger partial charge >= 0.3 is 0 Å². The number of carbonyl (C=O) groups is 1. The first kappa shape index (κ1) is 18.5. The third kappa shape index (κ3) is 3.90. The second-order valence-electron chi connectivity index (χ2n) is 8.76. The fraction of sp³-hybridized carbons (Fsp3) is 0.560. The predicted octanol–water partition coefficient (Wildman–Crippen LogP) is 6.08. The number of rotatable bonds is 9. The van der Waals surface area contributed by atoms with Crippen molar-refractivity contribution in [2.24, 2.45) is 5.92 Å². The number of benzene rings is 2. The molecule has 2 heteroatoms. The Bertz CT molecular complexity index is 798. The SMILES string of the molecule is CCCCCCCCCC(=O)N1C[C@H]2C[C@@]2(c2ccc3ccccc3c2)C1. The van der Waals surface area contributed by atoms with Crippen molar-refractivity contribution in [1.29, 1.82) is 0 Å². The van der Waals surface area contributed by atoms with E-state index in [-0.39, 0.29) is 5.41 Å². The Morgan fingerprint density at radius 2 is 1.74 bits per heavy atom. The van der Waals surface area contributed by atoms with Crippen molar-refractivity contribution < 1.29 is 4.79 Å². The zero-order chi connectivity index (χ0) is 18.7. The van der Waals surface area contributed by atoms with Gasteiger partial charge in [0.15, 0.2) is 0 Å². The van der Waals surface area contributed by atoms with Gasteiger partial charge in [-0.3, -0.25) is 4.79 Å². The van der Waals surface area contributed by atoms with Gasteiger partial charge in [0.25, 0.3) is 0 Å². The number of amides is 1.